The first kappa shape index (κ1) is 14.8. The van der Waals surface area contributed by atoms with Crippen LogP contribution in [0.3, 0.4) is 0 Å². The van der Waals surface area contributed by atoms with E-state index in [1.165, 1.54) is 0 Å². The van der Waals surface area contributed by atoms with Crippen LogP contribution >= 0.6 is 0 Å². The molecule has 0 saturated carbocycles. The molecule has 0 spiro atoms. The largest absolute Gasteiger partial charge is 0.385 e. The predicted octanol–water partition coefficient (Wildman–Crippen LogP) is 2.05. The lowest BCUT2D eigenvalue weighted by molar-refractivity contribution is -0.135. The van der Waals surface area contributed by atoms with Crippen LogP contribution < -0.4 is 0 Å². The average molecular weight is 252 g/mol. The fourth-order valence-corrected chi connectivity index (χ4v) is 1.89. The van der Waals surface area contributed by atoms with E-state index in [2.05, 4.69) is 10.6 Å². The smallest absolute Gasteiger partial charge is 0.225 e. The second-order valence-electron chi connectivity index (χ2n) is 4.87. The van der Waals surface area contributed by atoms with Crippen LogP contribution in [0.5, 0.6) is 0 Å². The third kappa shape index (κ3) is 4.18. The lowest BCUT2D eigenvalue weighted by atomic mass is 10.1. The van der Waals surface area contributed by atoms with E-state index in [0.717, 1.165) is 18.7 Å². The summed E-state index contributed by atoms with van der Waals surface area (Å²) in [4.78, 5) is 14.1. The maximum atomic E-state index is 12.2. The number of methoxy groups -OCH3 is 1. The average Bonchev–Trinajstić information content (AvgIpc) is 2.73. The molecule has 1 heterocycles. The van der Waals surface area contributed by atoms with Gasteiger partial charge in [0.1, 0.15) is 0 Å². The van der Waals surface area contributed by atoms with Crippen molar-refractivity contribution in [3.8, 4) is 0 Å². The molecular formula is C14H24N2O2. The number of amides is 1. The van der Waals surface area contributed by atoms with Crippen molar-refractivity contribution in [1.29, 1.82) is 0 Å². The molecule has 0 aliphatic carbocycles. The first-order chi connectivity index (χ1) is 8.56. The molecule has 0 aromatic carbocycles. The molecule has 0 atom stereocenters. The zero-order valence-electron chi connectivity index (χ0n) is 11.8. The van der Waals surface area contributed by atoms with Crippen molar-refractivity contribution >= 4 is 5.91 Å². The summed E-state index contributed by atoms with van der Waals surface area (Å²) in [5.74, 6) is 0.236. The second-order valence-corrected chi connectivity index (χ2v) is 4.87. The van der Waals surface area contributed by atoms with Crippen LogP contribution in [0.15, 0.2) is 18.3 Å². The van der Waals surface area contributed by atoms with Crippen LogP contribution in [0, 0.1) is 5.92 Å². The van der Waals surface area contributed by atoms with Gasteiger partial charge in [-0.3, -0.25) is 4.79 Å². The number of ether oxygens (including phenoxy) is 1. The number of aryl methyl sites for hydroxylation is 1. The fourth-order valence-electron chi connectivity index (χ4n) is 1.89. The normalized spacial score (nSPS) is 10.9. The third-order valence-corrected chi connectivity index (χ3v) is 2.99. The Bertz CT molecular complexity index is 372. The molecule has 1 aromatic rings. The standard InChI is InChI=1S/C14H24N2O2/c1-12(2)14(17)16(9-6-10-18-4)11-13-7-5-8-15(13)3/h5,7-8,12H,6,9-11H2,1-4H3. The first-order valence-electron chi connectivity index (χ1n) is 6.44. The molecule has 0 bridgehead atoms. The highest BCUT2D eigenvalue weighted by atomic mass is 16.5. The van der Waals surface area contributed by atoms with E-state index in [4.69, 9.17) is 4.74 Å². The monoisotopic (exact) mass is 252 g/mol. The maximum absolute atomic E-state index is 12.2. The number of carbonyl (C=O) groups is 1. The molecule has 0 saturated heterocycles. The summed E-state index contributed by atoms with van der Waals surface area (Å²) in [5, 5.41) is 0. The van der Waals surface area contributed by atoms with Gasteiger partial charge in [0.05, 0.1) is 6.54 Å². The molecule has 18 heavy (non-hydrogen) atoms. The van der Waals surface area contributed by atoms with E-state index in [1.807, 2.05) is 38.1 Å². The summed E-state index contributed by atoms with van der Waals surface area (Å²) in [7, 11) is 3.69. The van der Waals surface area contributed by atoms with E-state index < -0.39 is 0 Å². The van der Waals surface area contributed by atoms with Crippen LogP contribution in [0.25, 0.3) is 0 Å². The van der Waals surface area contributed by atoms with Gasteiger partial charge in [0.25, 0.3) is 0 Å². The summed E-state index contributed by atoms with van der Waals surface area (Å²) in [6.07, 6.45) is 2.88. The molecule has 0 aliphatic heterocycles. The highest BCUT2D eigenvalue weighted by Crippen LogP contribution is 2.10. The van der Waals surface area contributed by atoms with Gasteiger partial charge in [-0.2, -0.15) is 0 Å². The molecule has 4 heteroatoms. The third-order valence-electron chi connectivity index (χ3n) is 2.99. The van der Waals surface area contributed by atoms with Crippen molar-refractivity contribution in [2.24, 2.45) is 13.0 Å². The fraction of sp³-hybridized carbons (Fsp3) is 0.643. The SMILES string of the molecule is COCCCN(Cc1cccn1C)C(=O)C(C)C. The Hall–Kier alpha value is -1.29. The minimum absolute atomic E-state index is 0.0350. The maximum Gasteiger partial charge on any atom is 0.225 e. The number of nitrogens with zero attached hydrogens (tertiary/aromatic N) is 2. The van der Waals surface area contributed by atoms with Crippen molar-refractivity contribution in [2.45, 2.75) is 26.8 Å². The summed E-state index contributed by atoms with van der Waals surface area (Å²) >= 11 is 0. The summed E-state index contributed by atoms with van der Waals surface area (Å²) in [5.41, 5.74) is 1.15. The predicted molar refractivity (Wildman–Crippen MR) is 72.2 cm³/mol. The van der Waals surface area contributed by atoms with Crippen molar-refractivity contribution in [2.75, 3.05) is 20.3 Å². The van der Waals surface area contributed by atoms with Gasteiger partial charge in [-0.15, -0.1) is 0 Å². The van der Waals surface area contributed by atoms with E-state index in [1.54, 1.807) is 7.11 Å². The van der Waals surface area contributed by atoms with Crippen molar-refractivity contribution in [3.63, 3.8) is 0 Å². The summed E-state index contributed by atoms with van der Waals surface area (Å²) < 4.78 is 7.10. The van der Waals surface area contributed by atoms with Crippen molar-refractivity contribution in [3.05, 3.63) is 24.0 Å². The Balaban J connectivity index is 2.65. The van der Waals surface area contributed by atoms with Gasteiger partial charge in [0.15, 0.2) is 0 Å². The highest BCUT2D eigenvalue weighted by Gasteiger charge is 2.17. The van der Waals surface area contributed by atoms with Gasteiger partial charge in [0, 0.05) is 45.1 Å². The zero-order valence-corrected chi connectivity index (χ0v) is 11.8. The molecule has 0 radical (unpaired) electrons. The lowest BCUT2D eigenvalue weighted by Crippen LogP contribution is -2.35. The number of hydrogen-bond donors (Lipinski definition) is 0. The molecule has 0 N–H and O–H groups in total. The molecule has 102 valence electrons. The topological polar surface area (TPSA) is 34.5 Å². The van der Waals surface area contributed by atoms with E-state index in [9.17, 15) is 4.79 Å². The van der Waals surface area contributed by atoms with Crippen LogP contribution in [-0.4, -0.2) is 35.6 Å². The van der Waals surface area contributed by atoms with Gasteiger partial charge in [-0.1, -0.05) is 13.8 Å². The Morgan fingerprint density at radius 3 is 2.72 bits per heavy atom. The summed E-state index contributed by atoms with van der Waals surface area (Å²) in [6, 6.07) is 4.06. The molecule has 0 aliphatic rings. The van der Waals surface area contributed by atoms with Crippen LogP contribution in [-0.2, 0) is 23.1 Å². The van der Waals surface area contributed by atoms with Crippen LogP contribution in [0.4, 0.5) is 0 Å². The number of carbonyl (C=O) groups excluding carboxylic acids is 1. The Morgan fingerprint density at radius 1 is 1.50 bits per heavy atom. The first-order valence-corrected chi connectivity index (χ1v) is 6.44. The highest BCUT2D eigenvalue weighted by molar-refractivity contribution is 5.78. The zero-order chi connectivity index (χ0) is 13.5. The van der Waals surface area contributed by atoms with Crippen molar-refractivity contribution in [1.82, 2.24) is 9.47 Å². The van der Waals surface area contributed by atoms with Gasteiger partial charge in [-0.05, 0) is 18.6 Å². The molecule has 1 rings (SSSR count). The second kappa shape index (κ2) is 7.21. The van der Waals surface area contributed by atoms with Gasteiger partial charge < -0.3 is 14.2 Å². The summed E-state index contributed by atoms with van der Waals surface area (Å²) in [6.45, 7) is 5.99. The molecular weight excluding hydrogens is 228 g/mol. The molecule has 1 amide bonds. The Labute approximate surface area is 110 Å². The molecule has 0 fully saturated rings. The van der Waals surface area contributed by atoms with Gasteiger partial charge in [-0.25, -0.2) is 0 Å². The van der Waals surface area contributed by atoms with Gasteiger partial charge >= 0.3 is 0 Å². The quantitative estimate of drug-likeness (QED) is 0.696. The minimum Gasteiger partial charge on any atom is -0.385 e. The van der Waals surface area contributed by atoms with Crippen LogP contribution in [0.1, 0.15) is 26.0 Å². The Morgan fingerprint density at radius 2 is 2.22 bits per heavy atom. The van der Waals surface area contributed by atoms with E-state index in [0.29, 0.717) is 13.2 Å². The lowest BCUT2D eigenvalue weighted by Gasteiger charge is -2.24. The molecule has 1 aromatic heterocycles. The van der Waals surface area contributed by atoms with Crippen LogP contribution in [0.2, 0.25) is 0 Å². The van der Waals surface area contributed by atoms with Gasteiger partial charge in [0.2, 0.25) is 5.91 Å². The number of hydrogen-bond acceptors (Lipinski definition) is 2. The van der Waals surface area contributed by atoms with Crippen molar-refractivity contribution < 1.29 is 9.53 Å². The number of aromatic nitrogens is 1. The Kier molecular flexibility index (Phi) is 5.92. The number of rotatable bonds is 7. The minimum atomic E-state index is 0.0350. The van der Waals surface area contributed by atoms with E-state index >= 15 is 0 Å². The van der Waals surface area contributed by atoms with E-state index in [-0.39, 0.29) is 11.8 Å². The molecule has 4 nitrogen and oxygen atoms in total. The molecule has 0 unspecified atom stereocenters.